The molecule has 1 aliphatic heterocycles. The van der Waals surface area contributed by atoms with Crippen LogP contribution in [0.5, 0.6) is 5.88 Å². The summed E-state index contributed by atoms with van der Waals surface area (Å²) in [7, 11) is 0. The maximum absolute atomic E-state index is 5.93. The smallest absolute Gasteiger partial charge is 0.216 e. The van der Waals surface area contributed by atoms with E-state index in [2.05, 4.69) is 15.3 Å². The largest absolute Gasteiger partial charge is 0.473 e. The number of rotatable bonds is 2. The zero-order chi connectivity index (χ0) is 10.8. The van der Waals surface area contributed by atoms with Gasteiger partial charge in [-0.2, -0.15) is 0 Å². The molecule has 2 heterocycles. The van der Waals surface area contributed by atoms with Crippen molar-refractivity contribution < 1.29 is 4.74 Å². The summed E-state index contributed by atoms with van der Waals surface area (Å²) in [5.74, 6) is 1.61. The van der Waals surface area contributed by atoms with Crippen LogP contribution in [0.2, 0.25) is 0 Å². The summed E-state index contributed by atoms with van der Waals surface area (Å²) < 4.78 is 5.93. The van der Waals surface area contributed by atoms with Crippen LogP contribution in [0.15, 0.2) is 18.6 Å². The van der Waals surface area contributed by atoms with Gasteiger partial charge in [0.05, 0.1) is 0 Å². The second-order valence-electron chi connectivity index (χ2n) is 4.73. The molecule has 3 unspecified atom stereocenters. The molecule has 16 heavy (non-hydrogen) atoms. The highest BCUT2D eigenvalue weighted by Crippen LogP contribution is 2.31. The Morgan fingerprint density at radius 3 is 3.19 bits per heavy atom. The third kappa shape index (κ3) is 2.02. The van der Waals surface area contributed by atoms with Crippen molar-refractivity contribution in [3.8, 4) is 5.88 Å². The average molecular weight is 219 g/mol. The second kappa shape index (κ2) is 4.37. The molecular weight excluding hydrogens is 202 g/mol. The predicted molar refractivity (Wildman–Crippen MR) is 60.2 cm³/mol. The molecule has 0 spiro atoms. The van der Waals surface area contributed by atoms with Crippen LogP contribution in [0.1, 0.15) is 25.7 Å². The predicted octanol–water partition coefficient (Wildman–Crippen LogP) is 1.39. The zero-order valence-corrected chi connectivity index (χ0v) is 9.30. The summed E-state index contributed by atoms with van der Waals surface area (Å²) in [5.41, 5.74) is 0. The molecule has 4 heteroatoms. The lowest BCUT2D eigenvalue weighted by atomic mass is 9.79. The van der Waals surface area contributed by atoms with E-state index in [4.69, 9.17) is 4.74 Å². The Balaban J connectivity index is 1.66. The van der Waals surface area contributed by atoms with Gasteiger partial charge in [0.1, 0.15) is 12.4 Å². The first kappa shape index (κ1) is 10.0. The summed E-state index contributed by atoms with van der Waals surface area (Å²) in [6.07, 6.45) is 8.58. The van der Waals surface area contributed by atoms with Crippen LogP contribution in [0.3, 0.4) is 0 Å². The Labute approximate surface area is 95.4 Å². The average Bonchev–Trinajstić information content (AvgIpc) is 2.35. The van der Waals surface area contributed by atoms with Crippen LogP contribution in [0.4, 0.5) is 0 Å². The summed E-state index contributed by atoms with van der Waals surface area (Å²) in [5, 5.41) is 3.55. The van der Waals surface area contributed by atoms with Gasteiger partial charge in [-0.3, -0.25) is 0 Å². The lowest BCUT2D eigenvalue weighted by Crippen LogP contribution is -2.51. The van der Waals surface area contributed by atoms with Crippen molar-refractivity contribution in [1.29, 1.82) is 0 Å². The quantitative estimate of drug-likeness (QED) is 0.816. The van der Waals surface area contributed by atoms with Crippen molar-refractivity contribution in [1.82, 2.24) is 15.3 Å². The second-order valence-corrected chi connectivity index (χ2v) is 4.73. The van der Waals surface area contributed by atoms with Gasteiger partial charge in [0.2, 0.25) is 5.88 Å². The molecule has 3 rings (SSSR count). The fraction of sp³-hybridized carbons (Fsp3) is 0.667. The number of hydrogen-bond acceptors (Lipinski definition) is 4. The Hall–Kier alpha value is -1.16. The summed E-state index contributed by atoms with van der Waals surface area (Å²) in [4.78, 5) is 8.01. The SMILES string of the molecule is c1cc(OC2CCC3CCNC2C3)ncn1. The van der Waals surface area contributed by atoms with Gasteiger partial charge in [-0.15, -0.1) is 0 Å². The molecule has 1 aromatic heterocycles. The van der Waals surface area contributed by atoms with Gasteiger partial charge in [0, 0.05) is 18.3 Å². The van der Waals surface area contributed by atoms with Crippen molar-refractivity contribution in [2.45, 2.75) is 37.8 Å². The molecule has 0 amide bonds. The minimum atomic E-state index is 0.284. The molecule has 2 aliphatic rings. The molecule has 1 aromatic rings. The number of piperidine rings is 1. The van der Waals surface area contributed by atoms with E-state index in [0.29, 0.717) is 11.9 Å². The lowest BCUT2D eigenvalue weighted by Gasteiger charge is -2.40. The molecule has 1 saturated heterocycles. The van der Waals surface area contributed by atoms with Gasteiger partial charge in [-0.05, 0) is 38.1 Å². The van der Waals surface area contributed by atoms with Gasteiger partial charge < -0.3 is 10.1 Å². The fourth-order valence-corrected chi connectivity index (χ4v) is 2.82. The minimum Gasteiger partial charge on any atom is -0.473 e. The molecule has 0 radical (unpaired) electrons. The monoisotopic (exact) mass is 219 g/mol. The van der Waals surface area contributed by atoms with Crippen molar-refractivity contribution in [2.75, 3.05) is 6.54 Å². The van der Waals surface area contributed by atoms with E-state index in [-0.39, 0.29) is 6.10 Å². The van der Waals surface area contributed by atoms with Crippen LogP contribution in [-0.4, -0.2) is 28.7 Å². The molecule has 86 valence electrons. The number of nitrogens with zero attached hydrogens (tertiary/aromatic N) is 2. The van der Waals surface area contributed by atoms with E-state index in [1.165, 1.54) is 25.6 Å². The highest BCUT2D eigenvalue weighted by molar-refractivity contribution is 5.06. The number of hydrogen-bond donors (Lipinski definition) is 1. The van der Waals surface area contributed by atoms with E-state index in [1.54, 1.807) is 6.20 Å². The molecule has 1 aliphatic carbocycles. The topological polar surface area (TPSA) is 47.0 Å². The standard InChI is InChI=1S/C12H17N3O/c1-2-11(10-7-9(1)3-6-14-10)16-12-4-5-13-8-15-12/h4-5,8-11,14H,1-3,6-7H2. The lowest BCUT2D eigenvalue weighted by molar-refractivity contribution is 0.0656. The number of nitrogens with one attached hydrogen (secondary N) is 1. The maximum Gasteiger partial charge on any atom is 0.216 e. The first-order valence-electron chi connectivity index (χ1n) is 6.08. The Kier molecular flexibility index (Phi) is 2.74. The van der Waals surface area contributed by atoms with Crippen molar-refractivity contribution in [3.05, 3.63) is 18.6 Å². The van der Waals surface area contributed by atoms with Crippen LogP contribution >= 0.6 is 0 Å². The Morgan fingerprint density at radius 1 is 1.31 bits per heavy atom. The first-order valence-corrected chi connectivity index (χ1v) is 6.08. The molecule has 2 fully saturated rings. The van der Waals surface area contributed by atoms with Crippen molar-refractivity contribution in [2.24, 2.45) is 5.92 Å². The van der Waals surface area contributed by atoms with E-state index in [0.717, 1.165) is 18.9 Å². The number of aromatic nitrogens is 2. The van der Waals surface area contributed by atoms with Gasteiger partial charge in [0.25, 0.3) is 0 Å². The first-order chi connectivity index (χ1) is 7.92. The summed E-state index contributed by atoms with van der Waals surface area (Å²) in [6.45, 7) is 1.14. The van der Waals surface area contributed by atoms with E-state index in [9.17, 15) is 0 Å². The van der Waals surface area contributed by atoms with Crippen LogP contribution in [0.25, 0.3) is 0 Å². The minimum absolute atomic E-state index is 0.284. The molecule has 2 bridgehead atoms. The molecule has 0 aromatic carbocycles. The van der Waals surface area contributed by atoms with Gasteiger partial charge in [-0.25, -0.2) is 9.97 Å². The van der Waals surface area contributed by atoms with E-state index in [1.807, 2.05) is 6.07 Å². The van der Waals surface area contributed by atoms with Crippen molar-refractivity contribution in [3.63, 3.8) is 0 Å². The normalized spacial score (nSPS) is 33.4. The number of ether oxygens (including phenoxy) is 1. The fourth-order valence-electron chi connectivity index (χ4n) is 2.82. The Morgan fingerprint density at radius 2 is 2.31 bits per heavy atom. The summed E-state index contributed by atoms with van der Waals surface area (Å²) in [6, 6.07) is 2.34. The zero-order valence-electron chi connectivity index (χ0n) is 9.30. The van der Waals surface area contributed by atoms with Crippen LogP contribution in [0, 0.1) is 5.92 Å². The van der Waals surface area contributed by atoms with Gasteiger partial charge >= 0.3 is 0 Å². The summed E-state index contributed by atoms with van der Waals surface area (Å²) >= 11 is 0. The molecule has 1 saturated carbocycles. The molecule has 4 nitrogen and oxygen atoms in total. The maximum atomic E-state index is 5.93. The van der Waals surface area contributed by atoms with Crippen molar-refractivity contribution >= 4 is 0 Å². The van der Waals surface area contributed by atoms with Crippen LogP contribution in [-0.2, 0) is 0 Å². The van der Waals surface area contributed by atoms with Gasteiger partial charge in [0.15, 0.2) is 0 Å². The molecule has 3 atom stereocenters. The van der Waals surface area contributed by atoms with Crippen LogP contribution < -0.4 is 10.1 Å². The number of fused-ring (bicyclic) bond motifs is 2. The Bertz CT molecular complexity index is 343. The molecular formula is C12H17N3O. The highest BCUT2D eigenvalue weighted by Gasteiger charge is 2.34. The molecule has 1 N–H and O–H groups in total. The van der Waals surface area contributed by atoms with E-state index < -0.39 is 0 Å². The third-order valence-electron chi connectivity index (χ3n) is 3.68. The van der Waals surface area contributed by atoms with Gasteiger partial charge in [-0.1, -0.05) is 0 Å². The highest BCUT2D eigenvalue weighted by atomic mass is 16.5. The van der Waals surface area contributed by atoms with E-state index >= 15 is 0 Å². The third-order valence-corrected chi connectivity index (χ3v) is 3.68.